The van der Waals surface area contributed by atoms with Crippen LogP contribution in [0.1, 0.15) is 39.9 Å². The van der Waals surface area contributed by atoms with Crippen LogP contribution in [-0.2, 0) is 10.4 Å². The average molecular weight is 329 g/mol. The summed E-state index contributed by atoms with van der Waals surface area (Å²) in [5.74, 6) is -0.603. The van der Waals surface area contributed by atoms with E-state index in [4.69, 9.17) is 0 Å². The first-order valence-electron chi connectivity index (χ1n) is 7.71. The second-order valence-corrected chi connectivity index (χ2v) is 7.13. The molecule has 0 radical (unpaired) electrons. The lowest BCUT2D eigenvalue weighted by atomic mass is 9.89. The summed E-state index contributed by atoms with van der Waals surface area (Å²) in [5.41, 5.74) is -0.530. The summed E-state index contributed by atoms with van der Waals surface area (Å²) in [6, 6.07) is 10.8. The van der Waals surface area contributed by atoms with Gasteiger partial charge in [-0.15, -0.1) is 11.3 Å². The van der Waals surface area contributed by atoms with Crippen molar-refractivity contribution in [2.45, 2.75) is 32.3 Å². The van der Waals surface area contributed by atoms with Crippen molar-refractivity contribution in [3.8, 4) is 0 Å². The molecule has 4 nitrogen and oxygen atoms in total. The van der Waals surface area contributed by atoms with Gasteiger partial charge < -0.3 is 10.0 Å². The highest BCUT2D eigenvalue weighted by atomic mass is 32.1. The zero-order chi connectivity index (χ0) is 16.6. The molecule has 1 aliphatic rings. The monoisotopic (exact) mass is 329 g/mol. The van der Waals surface area contributed by atoms with Crippen molar-refractivity contribution >= 4 is 28.7 Å². The molecule has 2 aromatic rings. The molecule has 1 aromatic carbocycles. The predicted molar refractivity (Wildman–Crippen MR) is 91.0 cm³/mol. The third-order valence-electron chi connectivity index (χ3n) is 4.12. The number of anilines is 1. The van der Waals surface area contributed by atoms with Crippen molar-refractivity contribution in [1.29, 1.82) is 0 Å². The van der Waals surface area contributed by atoms with Crippen LogP contribution in [0.25, 0.3) is 0 Å². The van der Waals surface area contributed by atoms with Crippen molar-refractivity contribution < 1.29 is 14.7 Å². The van der Waals surface area contributed by atoms with Gasteiger partial charge in [-0.2, -0.15) is 0 Å². The minimum Gasteiger partial charge on any atom is -0.375 e. The molecule has 0 spiro atoms. The summed E-state index contributed by atoms with van der Waals surface area (Å²) in [6.07, 6.45) is 0.567. The van der Waals surface area contributed by atoms with Gasteiger partial charge in [-0.1, -0.05) is 25.1 Å². The van der Waals surface area contributed by atoms with Crippen molar-refractivity contribution in [2.75, 3.05) is 11.4 Å². The Hall–Kier alpha value is -1.98. The fraction of sp³-hybridized carbons (Fsp3) is 0.333. The van der Waals surface area contributed by atoms with E-state index in [1.807, 2.05) is 32.0 Å². The van der Waals surface area contributed by atoms with Gasteiger partial charge in [0.15, 0.2) is 11.4 Å². The molecular weight excluding hydrogens is 310 g/mol. The molecule has 0 bridgehead atoms. The Kier molecular flexibility index (Phi) is 4.08. The van der Waals surface area contributed by atoms with Gasteiger partial charge in [-0.3, -0.25) is 9.59 Å². The van der Waals surface area contributed by atoms with Crippen LogP contribution in [0.4, 0.5) is 5.69 Å². The van der Waals surface area contributed by atoms with E-state index in [2.05, 4.69) is 0 Å². The van der Waals surface area contributed by atoms with Crippen LogP contribution >= 0.6 is 11.3 Å². The first-order valence-corrected chi connectivity index (χ1v) is 8.52. The first-order chi connectivity index (χ1) is 11.0. The van der Waals surface area contributed by atoms with Crippen molar-refractivity contribution in [1.82, 2.24) is 0 Å². The van der Waals surface area contributed by atoms with Crippen molar-refractivity contribution in [2.24, 2.45) is 0 Å². The standard InChI is InChI=1S/C18H19NO3S/c1-3-10-19-14-7-5-4-6-13(14)18(22,17(19)21)11-15(20)16-9-8-12(2)23-16/h4-9,22H,3,10-11H2,1-2H3/t18-/m0/s1. The number of fused-ring (bicyclic) bond motifs is 1. The van der Waals surface area contributed by atoms with Crippen LogP contribution in [0.3, 0.4) is 0 Å². The number of hydrogen-bond acceptors (Lipinski definition) is 4. The third-order valence-corrected chi connectivity index (χ3v) is 5.16. The molecule has 1 aromatic heterocycles. The Labute approximate surface area is 139 Å². The number of benzene rings is 1. The molecule has 0 saturated heterocycles. The van der Waals surface area contributed by atoms with Gasteiger partial charge in [0, 0.05) is 17.0 Å². The molecule has 2 heterocycles. The van der Waals surface area contributed by atoms with Gasteiger partial charge in [0.2, 0.25) is 0 Å². The van der Waals surface area contributed by atoms with Gasteiger partial charge in [-0.25, -0.2) is 0 Å². The quantitative estimate of drug-likeness (QED) is 0.857. The van der Waals surface area contributed by atoms with Gasteiger partial charge in [0.1, 0.15) is 0 Å². The predicted octanol–water partition coefficient (Wildman–Crippen LogP) is 3.27. The Balaban J connectivity index is 1.97. The van der Waals surface area contributed by atoms with E-state index in [1.54, 1.807) is 23.1 Å². The maximum Gasteiger partial charge on any atom is 0.264 e. The first kappa shape index (κ1) is 15.9. The second kappa shape index (κ2) is 5.91. The Morgan fingerprint density at radius 3 is 2.65 bits per heavy atom. The number of carbonyl (C=O) groups is 2. The number of para-hydroxylation sites is 1. The minimum atomic E-state index is -1.76. The second-order valence-electron chi connectivity index (χ2n) is 5.84. The molecule has 0 unspecified atom stereocenters. The van der Waals surface area contributed by atoms with Crippen LogP contribution in [0.15, 0.2) is 36.4 Å². The number of thiophene rings is 1. The number of carbonyl (C=O) groups excluding carboxylic acids is 2. The highest BCUT2D eigenvalue weighted by Crippen LogP contribution is 2.43. The van der Waals surface area contributed by atoms with E-state index in [1.165, 1.54) is 11.3 Å². The molecule has 1 N–H and O–H groups in total. The molecule has 1 atom stereocenters. The van der Waals surface area contributed by atoms with Crippen LogP contribution in [-0.4, -0.2) is 23.3 Å². The highest BCUT2D eigenvalue weighted by Gasteiger charge is 2.50. The van der Waals surface area contributed by atoms with E-state index in [9.17, 15) is 14.7 Å². The van der Waals surface area contributed by atoms with E-state index in [0.29, 0.717) is 22.7 Å². The van der Waals surface area contributed by atoms with Gasteiger partial charge >= 0.3 is 0 Å². The number of hydrogen-bond donors (Lipinski definition) is 1. The Morgan fingerprint density at radius 2 is 2.00 bits per heavy atom. The summed E-state index contributed by atoms with van der Waals surface area (Å²) in [4.78, 5) is 28.5. The Bertz CT molecular complexity index is 767. The van der Waals surface area contributed by atoms with Crippen molar-refractivity contribution in [3.05, 3.63) is 51.7 Å². The average Bonchev–Trinajstić information content (AvgIpc) is 3.05. The summed E-state index contributed by atoms with van der Waals surface area (Å²) in [5, 5.41) is 11.0. The lowest BCUT2D eigenvalue weighted by Gasteiger charge is -2.22. The van der Waals surface area contributed by atoms with Crippen LogP contribution in [0.2, 0.25) is 0 Å². The normalized spacial score (nSPS) is 20.0. The van der Waals surface area contributed by atoms with Gasteiger partial charge in [0.05, 0.1) is 17.0 Å². The number of ketones is 1. The third kappa shape index (κ3) is 2.60. The number of rotatable bonds is 5. The van der Waals surface area contributed by atoms with Crippen LogP contribution < -0.4 is 4.90 Å². The number of aliphatic hydroxyl groups is 1. The molecule has 0 saturated carbocycles. The summed E-state index contributed by atoms with van der Waals surface area (Å²) < 4.78 is 0. The van der Waals surface area contributed by atoms with Gasteiger partial charge in [-0.05, 0) is 31.5 Å². The molecule has 1 amide bonds. The molecule has 1 aliphatic heterocycles. The summed E-state index contributed by atoms with van der Waals surface area (Å²) in [6.45, 7) is 4.44. The van der Waals surface area contributed by atoms with E-state index >= 15 is 0 Å². The lowest BCUT2D eigenvalue weighted by molar-refractivity contribution is -0.135. The van der Waals surface area contributed by atoms with E-state index in [-0.39, 0.29) is 12.2 Å². The van der Waals surface area contributed by atoms with Crippen LogP contribution in [0, 0.1) is 6.92 Å². The topological polar surface area (TPSA) is 57.6 Å². The number of aryl methyl sites for hydroxylation is 1. The maximum absolute atomic E-state index is 12.8. The smallest absolute Gasteiger partial charge is 0.264 e. The zero-order valence-corrected chi connectivity index (χ0v) is 14.0. The molecule has 3 rings (SSSR count). The number of amides is 1. The fourth-order valence-corrected chi connectivity index (χ4v) is 3.83. The Morgan fingerprint density at radius 1 is 1.26 bits per heavy atom. The number of nitrogens with zero attached hydrogens (tertiary/aromatic N) is 1. The molecule has 5 heteroatoms. The molecule has 23 heavy (non-hydrogen) atoms. The summed E-state index contributed by atoms with van der Waals surface area (Å²) in [7, 11) is 0. The molecule has 120 valence electrons. The zero-order valence-electron chi connectivity index (χ0n) is 13.2. The van der Waals surface area contributed by atoms with E-state index < -0.39 is 11.5 Å². The molecule has 0 fully saturated rings. The number of Topliss-reactive ketones (excluding diaryl/α,β-unsaturated/α-hetero) is 1. The SMILES string of the molecule is CCCN1C(=O)[C@](O)(CC(=O)c2ccc(C)s2)c2ccccc21. The molecular formula is C18H19NO3S. The fourth-order valence-electron chi connectivity index (χ4n) is 3.03. The summed E-state index contributed by atoms with van der Waals surface area (Å²) >= 11 is 1.39. The maximum atomic E-state index is 12.8. The largest absolute Gasteiger partial charge is 0.375 e. The molecule has 0 aliphatic carbocycles. The minimum absolute atomic E-state index is 0.202. The highest BCUT2D eigenvalue weighted by molar-refractivity contribution is 7.14. The van der Waals surface area contributed by atoms with Gasteiger partial charge in [0.25, 0.3) is 5.91 Å². The van der Waals surface area contributed by atoms with E-state index in [0.717, 1.165) is 11.3 Å². The van der Waals surface area contributed by atoms with Crippen LogP contribution in [0.5, 0.6) is 0 Å². The van der Waals surface area contributed by atoms with Crippen molar-refractivity contribution in [3.63, 3.8) is 0 Å². The lowest BCUT2D eigenvalue weighted by Crippen LogP contribution is -2.42.